The lowest BCUT2D eigenvalue weighted by Gasteiger charge is -2.00. The van der Waals surface area contributed by atoms with Crippen molar-refractivity contribution in [2.45, 2.75) is 26.7 Å². The number of para-hydroxylation sites is 1. The first-order valence-corrected chi connectivity index (χ1v) is 9.06. The Kier molecular flexibility index (Phi) is 3.97. The van der Waals surface area contributed by atoms with Gasteiger partial charge in [-0.1, -0.05) is 32.0 Å². The molecular formula is C19H19N5S. The molecule has 0 atom stereocenters. The van der Waals surface area contributed by atoms with Crippen molar-refractivity contribution >= 4 is 44.5 Å². The highest BCUT2D eigenvalue weighted by Crippen LogP contribution is 2.32. The SMILES string of the molecule is Cc1[nH]c2ccccc2c1/C=N\Nc1ncnc2sc(C(C)C)cc12. The van der Waals surface area contributed by atoms with E-state index in [4.69, 9.17) is 0 Å². The number of nitrogens with one attached hydrogen (secondary N) is 2. The van der Waals surface area contributed by atoms with Crippen LogP contribution in [0.3, 0.4) is 0 Å². The van der Waals surface area contributed by atoms with Crippen molar-refractivity contribution in [3.63, 3.8) is 0 Å². The maximum Gasteiger partial charge on any atom is 0.158 e. The second-order valence-electron chi connectivity index (χ2n) is 6.32. The fraction of sp³-hybridized carbons (Fsp3) is 0.211. The molecular weight excluding hydrogens is 330 g/mol. The summed E-state index contributed by atoms with van der Waals surface area (Å²) in [5, 5.41) is 6.60. The molecule has 0 unspecified atom stereocenters. The Morgan fingerprint density at radius 1 is 1.20 bits per heavy atom. The molecule has 0 saturated carbocycles. The van der Waals surface area contributed by atoms with Crippen molar-refractivity contribution in [3.8, 4) is 0 Å². The monoisotopic (exact) mass is 349 g/mol. The smallest absolute Gasteiger partial charge is 0.158 e. The Morgan fingerprint density at radius 2 is 2.04 bits per heavy atom. The van der Waals surface area contributed by atoms with E-state index in [0.29, 0.717) is 5.92 Å². The minimum absolute atomic E-state index is 0.476. The molecule has 2 N–H and O–H groups in total. The van der Waals surface area contributed by atoms with Crippen molar-refractivity contribution in [2.24, 2.45) is 5.10 Å². The van der Waals surface area contributed by atoms with E-state index >= 15 is 0 Å². The second-order valence-corrected chi connectivity index (χ2v) is 7.39. The van der Waals surface area contributed by atoms with Crippen LogP contribution in [-0.2, 0) is 0 Å². The highest BCUT2D eigenvalue weighted by Gasteiger charge is 2.10. The zero-order valence-corrected chi connectivity index (χ0v) is 15.2. The van der Waals surface area contributed by atoms with E-state index in [2.05, 4.69) is 64.4 Å². The van der Waals surface area contributed by atoms with Gasteiger partial charge in [-0.25, -0.2) is 9.97 Å². The molecule has 0 bridgehead atoms. The molecule has 1 aromatic carbocycles. The molecule has 0 fully saturated rings. The average Bonchev–Trinajstić information content (AvgIpc) is 3.17. The third-order valence-electron chi connectivity index (χ3n) is 4.23. The highest BCUT2D eigenvalue weighted by atomic mass is 32.1. The van der Waals surface area contributed by atoms with Gasteiger partial charge in [0.15, 0.2) is 5.82 Å². The molecule has 5 nitrogen and oxygen atoms in total. The number of rotatable bonds is 4. The number of aromatic nitrogens is 3. The number of aryl methyl sites for hydroxylation is 1. The summed E-state index contributed by atoms with van der Waals surface area (Å²) in [6.07, 6.45) is 3.43. The first-order chi connectivity index (χ1) is 12.1. The molecule has 0 aliphatic rings. The van der Waals surface area contributed by atoms with Crippen molar-refractivity contribution in [2.75, 3.05) is 5.43 Å². The lowest BCUT2D eigenvalue weighted by atomic mass is 10.1. The lowest BCUT2D eigenvalue weighted by Crippen LogP contribution is -1.95. The van der Waals surface area contributed by atoms with Crippen molar-refractivity contribution in [1.29, 1.82) is 0 Å². The number of fused-ring (bicyclic) bond motifs is 2. The van der Waals surface area contributed by atoms with Gasteiger partial charge in [-0.3, -0.25) is 5.43 Å². The van der Waals surface area contributed by atoms with Crippen LogP contribution in [0.15, 0.2) is 41.8 Å². The highest BCUT2D eigenvalue weighted by molar-refractivity contribution is 7.18. The standard InChI is InChI=1S/C19H19N5S/c1-11(2)17-8-14-18(20-10-21-19(14)25-17)24-22-9-15-12(3)23-16-7-5-4-6-13(15)16/h4-11,23H,1-3H3,(H,20,21,24)/b22-9-. The molecule has 4 aromatic rings. The first kappa shape index (κ1) is 15.8. The minimum Gasteiger partial charge on any atom is -0.358 e. The van der Waals surface area contributed by atoms with Gasteiger partial charge < -0.3 is 4.98 Å². The van der Waals surface area contributed by atoms with Gasteiger partial charge in [-0.05, 0) is 25.0 Å². The van der Waals surface area contributed by atoms with Crippen molar-refractivity contribution < 1.29 is 0 Å². The van der Waals surface area contributed by atoms with Crippen molar-refractivity contribution in [3.05, 3.63) is 52.8 Å². The Morgan fingerprint density at radius 3 is 2.88 bits per heavy atom. The fourth-order valence-electron chi connectivity index (χ4n) is 2.87. The van der Waals surface area contributed by atoms with Crippen LogP contribution in [0.4, 0.5) is 5.82 Å². The minimum atomic E-state index is 0.476. The van der Waals surface area contributed by atoms with E-state index in [1.54, 1.807) is 17.7 Å². The van der Waals surface area contributed by atoms with Crippen LogP contribution < -0.4 is 5.43 Å². The van der Waals surface area contributed by atoms with Gasteiger partial charge >= 0.3 is 0 Å². The quantitative estimate of drug-likeness (QED) is 0.400. The number of thiophene rings is 1. The van der Waals surface area contributed by atoms with Gasteiger partial charge in [-0.2, -0.15) is 5.10 Å². The van der Waals surface area contributed by atoms with Gasteiger partial charge in [0.05, 0.1) is 11.6 Å². The van der Waals surface area contributed by atoms with Crippen LogP contribution in [0.5, 0.6) is 0 Å². The average molecular weight is 349 g/mol. The van der Waals surface area contributed by atoms with Crippen LogP contribution in [0, 0.1) is 6.92 Å². The summed E-state index contributed by atoms with van der Waals surface area (Å²) >= 11 is 1.71. The van der Waals surface area contributed by atoms with Crippen LogP contribution in [0.25, 0.3) is 21.1 Å². The third-order valence-corrected chi connectivity index (χ3v) is 5.57. The van der Waals surface area contributed by atoms with E-state index in [-0.39, 0.29) is 0 Å². The molecule has 0 radical (unpaired) electrons. The summed E-state index contributed by atoms with van der Waals surface area (Å²) in [6, 6.07) is 10.4. The Hall–Kier alpha value is -2.73. The Bertz CT molecular complexity index is 1070. The van der Waals surface area contributed by atoms with Crippen molar-refractivity contribution in [1.82, 2.24) is 15.0 Å². The Balaban J connectivity index is 1.65. The zero-order valence-electron chi connectivity index (χ0n) is 14.4. The molecule has 0 saturated heterocycles. The lowest BCUT2D eigenvalue weighted by molar-refractivity contribution is 0.890. The number of nitrogens with zero attached hydrogens (tertiary/aromatic N) is 3. The van der Waals surface area contributed by atoms with E-state index in [1.165, 1.54) is 4.88 Å². The largest absolute Gasteiger partial charge is 0.358 e. The number of anilines is 1. The predicted octanol–water partition coefficient (Wildman–Crippen LogP) is 5.05. The van der Waals surface area contributed by atoms with Gasteiger partial charge in [0.1, 0.15) is 11.2 Å². The Labute approximate surface area is 149 Å². The van der Waals surface area contributed by atoms with E-state index < -0.39 is 0 Å². The topological polar surface area (TPSA) is 66.0 Å². The summed E-state index contributed by atoms with van der Waals surface area (Å²) in [6.45, 7) is 6.42. The molecule has 0 aliphatic carbocycles. The molecule has 0 amide bonds. The number of H-pyrrole nitrogens is 1. The summed E-state index contributed by atoms with van der Waals surface area (Å²) in [7, 11) is 0. The molecule has 4 rings (SSSR count). The summed E-state index contributed by atoms with van der Waals surface area (Å²) in [4.78, 5) is 14.4. The van der Waals surface area contributed by atoms with E-state index in [1.807, 2.05) is 18.3 Å². The normalized spacial score (nSPS) is 12.0. The summed E-state index contributed by atoms with van der Waals surface area (Å²) < 4.78 is 0. The van der Waals surface area contributed by atoms with E-state index in [9.17, 15) is 0 Å². The maximum absolute atomic E-state index is 4.42. The number of hydrogen-bond acceptors (Lipinski definition) is 5. The van der Waals surface area contributed by atoms with Gasteiger partial charge in [0.25, 0.3) is 0 Å². The van der Waals surface area contributed by atoms with Crippen LogP contribution in [-0.4, -0.2) is 21.2 Å². The number of hydrazone groups is 1. The second kappa shape index (κ2) is 6.29. The van der Waals surface area contributed by atoms with Crippen LogP contribution in [0.1, 0.15) is 35.9 Å². The summed E-state index contributed by atoms with van der Waals surface area (Å²) in [5.41, 5.74) is 6.38. The molecule has 3 heterocycles. The number of aromatic amines is 1. The number of hydrogen-bond donors (Lipinski definition) is 2. The molecule has 0 spiro atoms. The first-order valence-electron chi connectivity index (χ1n) is 8.24. The number of benzene rings is 1. The van der Waals surface area contributed by atoms with E-state index in [0.717, 1.165) is 38.2 Å². The zero-order chi connectivity index (χ0) is 17.4. The molecule has 126 valence electrons. The fourth-order valence-corrected chi connectivity index (χ4v) is 3.87. The van der Waals surface area contributed by atoms with Crippen LogP contribution >= 0.6 is 11.3 Å². The molecule has 3 aromatic heterocycles. The van der Waals surface area contributed by atoms with Gasteiger partial charge in [0, 0.05) is 27.0 Å². The third kappa shape index (κ3) is 2.89. The molecule has 6 heteroatoms. The summed E-state index contributed by atoms with van der Waals surface area (Å²) in [5.74, 6) is 1.21. The molecule has 0 aliphatic heterocycles. The molecule has 25 heavy (non-hydrogen) atoms. The van der Waals surface area contributed by atoms with Gasteiger partial charge in [-0.15, -0.1) is 11.3 Å². The van der Waals surface area contributed by atoms with Gasteiger partial charge in [0.2, 0.25) is 0 Å². The predicted molar refractivity (Wildman–Crippen MR) is 106 cm³/mol. The van der Waals surface area contributed by atoms with Crippen LogP contribution in [0.2, 0.25) is 0 Å². The maximum atomic E-state index is 4.42.